The second kappa shape index (κ2) is 5.57. The molecule has 110 valence electrons. The van der Waals surface area contributed by atoms with Crippen LogP contribution in [0.15, 0.2) is 42.0 Å². The maximum absolute atomic E-state index is 5.78. The van der Waals surface area contributed by atoms with Crippen molar-refractivity contribution in [1.29, 1.82) is 0 Å². The molecule has 3 nitrogen and oxygen atoms in total. The quantitative estimate of drug-likeness (QED) is 0.583. The summed E-state index contributed by atoms with van der Waals surface area (Å²) in [4.78, 5) is 4.71. The molecule has 1 fully saturated rings. The maximum Gasteiger partial charge on any atom is 0.208 e. The standard InChI is InChI=1S/C17H25NO2/c1-6-14-17(4,5)10-9-16(2,3)8-7-15(18-14)20-12-13-11-19-13/h6-10,13-14H,1,11-12H2,2-5H3/b8-7-,10-9-,18-15-. The normalized spacial score (nSPS) is 36.5. The molecule has 0 spiro atoms. The molecule has 0 aromatic heterocycles. The van der Waals surface area contributed by atoms with E-state index in [9.17, 15) is 0 Å². The van der Waals surface area contributed by atoms with Crippen molar-refractivity contribution in [3.05, 3.63) is 37.0 Å². The summed E-state index contributed by atoms with van der Waals surface area (Å²) in [7, 11) is 0. The molecule has 2 unspecified atom stereocenters. The SMILES string of the molecule is C=CC1/N=C(OCC2CO2)/C=C\C(C)(C)/C=C\C1(C)C. The van der Waals surface area contributed by atoms with Crippen molar-refractivity contribution >= 4 is 5.90 Å². The summed E-state index contributed by atoms with van der Waals surface area (Å²) in [6.07, 6.45) is 10.7. The van der Waals surface area contributed by atoms with Gasteiger partial charge in [-0.2, -0.15) is 0 Å². The highest BCUT2D eigenvalue weighted by atomic mass is 16.6. The van der Waals surface area contributed by atoms with Crippen LogP contribution in [-0.2, 0) is 9.47 Å². The van der Waals surface area contributed by atoms with Crippen LogP contribution in [0.4, 0.5) is 0 Å². The summed E-state index contributed by atoms with van der Waals surface area (Å²) < 4.78 is 11.0. The molecule has 2 aliphatic rings. The first kappa shape index (κ1) is 15.0. The predicted molar refractivity (Wildman–Crippen MR) is 83.0 cm³/mol. The number of epoxide rings is 1. The first-order chi connectivity index (χ1) is 9.32. The van der Waals surface area contributed by atoms with Crippen LogP contribution in [0.2, 0.25) is 0 Å². The van der Waals surface area contributed by atoms with E-state index in [1.54, 1.807) is 0 Å². The number of hydrogen-bond acceptors (Lipinski definition) is 3. The Labute approximate surface area is 122 Å². The minimum Gasteiger partial charge on any atom is -0.475 e. The fraction of sp³-hybridized carbons (Fsp3) is 0.588. The Kier molecular flexibility index (Phi) is 4.19. The lowest BCUT2D eigenvalue weighted by Crippen LogP contribution is -2.25. The molecule has 0 N–H and O–H groups in total. The summed E-state index contributed by atoms with van der Waals surface area (Å²) in [5.41, 5.74) is -0.108. The number of nitrogens with zero attached hydrogens (tertiary/aromatic N) is 1. The van der Waals surface area contributed by atoms with Gasteiger partial charge in [-0.05, 0) is 6.08 Å². The third-order valence-corrected chi connectivity index (χ3v) is 3.67. The van der Waals surface area contributed by atoms with Gasteiger partial charge in [-0.25, -0.2) is 4.99 Å². The van der Waals surface area contributed by atoms with Gasteiger partial charge in [-0.3, -0.25) is 0 Å². The highest BCUT2D eigenvalue weighted by Gasteiger charge is 2.28. The largest absolute Gasteiger partial charge is 0.475 e. The van der Waals surface area contributed by atoms with Gasteiger partial charge >= 0.3 is 0 Å². The zero-order valence-electron chi connectivity index (χ0n) is 12.9. The molecule has 2 atom stereocenters. The van der Waals surface area contributed by atoms with Gasteiger partial charge < -0.3 is 9.47 Å². The molecule has 2 aliphatic heterocycles. The molecule has 0 aromatic carbocycles. The Hall–Kier alpha value is -1.35. The van der Waals surface area contributed by atoms with Crippen molar-refractivity contribution in [3.8, 4) is 0 Å². The number of aliphatic imine (C=N–C) groups is 1. The van der Waals surface area contributed by atoms with Crippen LogP contribution in [-0.4, -0.2) is 31.3 Å². The van der Waals surface area contributed by atoms with Gasteiger partial charge in [-0.1, -0.05) is 52.0 Å². The predicted octanol–water partition coefficient (Wildman–Crippen LogP) is 3.53. The zero-order chi connectivity index (χ0) is 14.8. The second-order valence-corrected chi connectivity index (χ2v) is 6.72. The van der Waals surface area contributed by atoms with Gasteiger partial charge in [0.25, 0.3) is 0 Å². The first-order valence-electron chi connectivity index (χ1n) is 7.17. The van der Waals surface area contributed by atoms with E-state index in [0.717, 1.165) is 6.61 Å². The summed E-state index contributed by atoms with van der Waals surface area (Å²) in [5, 5.41) is 0. The summed E-state index contributed by atoms with van der Waals surface area (Å²) >= 11 is 0. The molecule has 1 saturated heterocycles. The van der Waals surface area contributed by atoms with E-state index in [1.165, 1.54) is 0 Å². The van der Waals surface area contributed by atoms with Crippen molar-refractivity contribution < 1.29 is 9.47 Å². The Morgan fingerprint density at radius 2 is 2.05 bits per heavy atom. The fourth-order valence-corrected chi connectivity index (χ4v) is 2.00. The van der Waals surface area contributed by atoms with Crippen LogP contribution in [0.25, 0.3) is 0 Å². The number of rotatable bonds is 3. The monoisotopic (exact) mass is 275 g/mol. The lowest BCUT2D eigenvalue weighted by Gasteiger charge is -2.27. The zero-order valence-corrected chi connectivity index (χ0v) is 12.9. The Morgan fingerprint density at radius 1 is 1.35 bits per heavy atom. The Bertz CT molecular complexity index is 454. The van der Waals surface area contributed by atoms with E-state index in [1.807, 2.05) is 12.2 Å². The van der Waals surface area contributed by atoms with Crippen LogP contribution >= 0.6 is 0 Å². The minimum absolute atomic E-state index is 0.00702. The lowest BCUT2D eigenvalue weighted by atomic mass is 9.81. The van der Waals surface area contributed by atoms with Crippen molar-refractivity contribution in [2.75, 3.05) is 13.2 Å². The molecule has 0 saturated carbocycles. The smallest absolute Gasteiger partial charge is 0.208 e. The van der Waals surface area contributed by atoms with E-state index in [-0.39, 0.29) is 23.0 Å². The van der Waals surface area contributed by atoms with Crippen molar-refractivity contribution in [1.82, 2.24) is 0 Å². The van der Waals surface area contributed by atoms with Crippen LogP contribution in [0.5, 0.6) is 0 Å². The maximum atomic E-state index is 5.78. The highest BCUT2D eigenvalue weighted by molar-refractivity contribution is 5.88. The minimum atomic E-state index is -0.0876. The summed E-state index contributed by atoms with van der Waals surface area (Å²) in [5.74, 6) is 0.662. The van der Waals surface area contributed by atoms with Crippen LogP contribution in [0.1, 0.15) is 27.7 Å². The number of hydrogen-bond donors (Lipinski definition) is 0. The first-order valence-corrected chi connectivity index (χ1v) is 7.17. The van der Waals surface area contributed by atoms with E-state index < -0.39 is 0 Å². The molecule has 0 bridgehead atoms. The van der Waals surface area contributed by atoms with Gasteiger partial charge in [0.1, 0.15) is 12.7 Å². The molecule has 2 rings (SSSR count). The number of ether oxygens (including phenoxy) is 2. The van der Waals surface area contributed by atoms with Gasteiger partial charge in [0.2, 0.25) is 5.90 Å². The van der Waals surface area contributed by atoms with Gasteiger partial charge in [0.15, 0.2) is 0 Å². The molecular formula is C17H25NO2. The number of allylic oxidation sites excluding steroid dienone is 2. The fourth-order valence-electron chi connectivity index (χ4n) is 2.00. The van der Waals surface area contributed by atoms with E-state index >= 15 is 0 Å². The molecule has 0 aromatic rings. The molecule has 20 heavy (non-hydrogen) atoms. The van der Waals surface area contributed by atoms with E-state index in [4.69, 9.17) is 14.5 Å². The second-order valence-electron chi connectivity index (χ2n) is 6.72. The van der Waals surface area contributed by atoms with Crippen molar-refractivity contribution in [2.24, 2.45) is 15.8 Å². The average Bonchev–Trinajstić information content (AvgIpc) is 3.18. The van der Waals surface area contributed by atoms with Gasteiger partial charge in [0.05, 0.1) is 12.6 Å². The van der Waals surface area contributed by atoms with Crippen molar-refractivity contribution in [3.63, 3.8) is 0 Å². The molecule has 0 amide bonds. The highest BCUT2D eigenvalue weighted by Crippen LogP contribution is 2.31. The summed E-state index contributed by atoms with van der Waals surface area (Å²) in [6.45, 7) is 14.0. The van der Waals surface area contributed by atoms with Crippen molar-refractivity contribution in [2.45, 2.75) is 39.8 Å². The topological polar surface area (TPSA) is 34.1 Å². The summed E-state index contributed by atoms with van der Waals surface area (Å²) in [6, 6.07) is -0.00702. The van der Waals surface area contributed by atoms with E-state index in [0.29, 0.717) is 12.5 Å². The molecule has 0 radical (unpaired) electrons. The van der Waals surface area contributed by atoms with Crippen LogP contribution in [0.3, 0.4) is 0 Å². The van der Waals surface area contributed by atoms with Crippen LogP contribution < -0.4 is 0 Å². The van der Waals surface area contributed by atoms with Gasteiger partial charge in [-0.15, -0.1) is 6.58 Å². The molecule has 0 aliphatic carbocycles. The van der Waals surface area contributed by atoms with E-state index in [2.05, 4.69) is 52.5 Å². The lowest BCUT2D eigenvalue weighted by molar-refractivity contribution is 0.251. The molecular weight excluding hydrogens is 250 g/mol. The Morgan fingerprint density at radius 3 is 2.65 bits per heavy atom. The molecule has 3 heteroatoms. The third-order valence-electron chi connectivity index (χ3n) is 3.67. The third kappa shape index (κ3) is 4.07. The van der Waals surface area contributed by atoms with Gasteiger partial charge in [0, 0.05) is 10.8 Å². The van der Waals surface area contributed by atoms with Crippen LogP contribution in [0, 0.1) is 10.8 Å². The average molecular weight is 275 g/mol. The molecule has 2 heterocycles. The Balaban J connectivity index is 2.26.